The first-order chi connectivity index (χ1) is 9.88. The van der Waals surface area contributed by atoms with Crippen molar-refractivity contribution < 1.29 is 14.7 Å². The molecule has 0 aliphatic rings. The van der Waals surface area contributed by atoms with Crippen molar-refractivity contribution in [3.63, 3.8) is 0 Å². The molecule has 0 spiro atoms. The lowest BCUT2D eigenvalue weighted by Crippen LogP contribution is -2.39. The molecule has 1 rings (SSSR count). The van der Waals surface area contributed by atoms with Crippen LogP contribution in [-0.4, -0.2) is 23.7 Å². The van der Waals surface area contributed by atoms with E-state index in [1.807, 2.05) is 26.0 Å². The van der Waals surface area contributed by atoms with Gasteiger partial charge in [-0.05, 0) is 30.0 Å². The fourth-order valence-corrected chi connectivity index (χ4v) is 2.03. The van der Waals surface area contributed by atoms with Gasteiger partial charge < -0.3 is 15.7 Å². The summed E-state index contributed by atoms with van der Waals surface area (Å²) in [5.41, 5.74) is 0.923. The first-order valence-corrected chi connectivity index (χ1v) is 7.25. The maximum Gasteiger partial charge on any atom is 0.315 e. The molecule has 6 heteroatoms. The number of benzene rings is 1. The maximum absolute atomic E-state index is 11.7. The topological polar surface area (TPSA) is 78.4 Å². The molecule has 1 aromatic rings. The molecular weight excluding hydrogens is 292 g/mol. The zero-order valence-electron chi connectivity index (χ0n) is 12.2. The van der Waals surface area contributed by atoms with E-state index in [-0.39, 0.29) is 18.5 Å². The largest absolute Gasteiger partial charge is 0.481 e. The number of hydrogen-bond donors (Lipinski definition) is 3. The molecule has 0 saturated carbocycles. The minimum absolute atomic E-state index is 0.125. The molecule has 0 bridgehead atoms. The van der Waals surface area contributed by atoms with Gasteiger partial charge in [0.15, 0.2) is 0 Å². The van der Waals surface area contributed by atoms with Gasteiger partial charge in [-0.15, -0.1) is 0 Å². The second-order valence-electron chi connectivity index (χ2n) is 5.35. The molecule has 1 atom stereocenters. The quantitative estimate of drug-likeness (QED) is 0.724. The van der Waals surface area contributed by atoms with Crippen LogP contribution < -0.4 is 10.6 Å². The SMILES string of the molecule is CC(C)CC(CNC(=O)NCc1ccc(Cl)cc1)C(=O)O. The minimum Gasteiger partial charge on any atom is -0.481 e. The Bertz CT molecular complexity index is 474. The van der Waals surface area contributed by atoms with Crippen LogP contribution in [0.1, 0.15) is 25.8 Å². The zero-order chi connectivity index (χ0) is 15.8. The smallest absolute Gasteiger partial charge is 0.315 e. The number of hydrogen-bond acceptors (Lipinski definition) is 2. The Labute approximate surface area is 129 Å². The molecule has 116 valence electrons. The van der Waals surface area contributed by atoms with E-state index in [2.05, 4.69) is 10.6 Å². The van der Waals surface area contributed by atoms with Crippen molar-refractivity contribution in [3.8, 4) is 0 Å². The number of urea groups is 1. The number of carbonyl (C=O) groups is 2. The molecule has 2 amide bonds. The molecule has 0 aliphatic carbocycles. The van der Waals surface area contributed by atoms with Crippen LogP contribution in [0.3, 0.4) is 0 Å². The lowest BCUT2D eigenvalue weighted by Gasteiger charge is -2.15. The summed E-state index contributed by atoms with van der Waals surface area (Å²) >= 11 is 5.77. The second-order valence-corrected chi connectivity index (χ2v) is 5.79. The molecule has 5 nitrogen and oxygen atoms in total. The summed E-state index contributed by atoms with van der Waals surface area (Å²) in [7, 11) is 0. The fourth-order valence-electron chi connectivity index (χ4n) is 1.90. The monoisotopic (exact) mass is 312 g/mol. The van der Waals surface area contributed by atoms with E-state index in [9.17, 15) is 9.59 Å². The molecular formula is C15H21ClN2O3. The highest BCUT2D eigenvalue weighted by molar-refractivity contribution is 6.30. The van der Waals surface area contributed by atoms with Crippen LogP contribution in [0.2, 0.25) is 5.02 Å². The fraction of sp³-hybridized carbons (Fsp3) is 0.467. The third-order valence-corrected chi connectivity index (χ3v) is 3.23. The number of halogens is 1. The Morgan fingerprint density at radius 1 is 1.19 bits per heavy atom. The predicted molar refractivity (Wildman–Crippen MR) is 82.3 cm³/mol. The molecule has 0 aliphatic heterocycles. The van der Waals surface area contributed by atoms with E-state index < -0.39 is 11.9 Å². The number of nitrogens with one attached hydrogen (secondary N) is 2. The van der Waals surface area contributed by atoms with Gasteiger partial charge in [-0.1, -0.05) is 37.6 Å². The van der Waals surface area contributed by atoms with Gasteiger partial charge in [0.05, 0.1) is 5.92 Å². The van der Waals surface area contributed by atoms with Gasteiger partial charge in [-0.2, -0.15) is 0 Å². The van der Waals surface area contributed by atoms with Crippen molar-refractivity contribution in [1.29, 1.82) is 0 Å². The average molecular weight is 313 g/mol. The standard InChI is InChI=1S/C15H21ClN2O3/c1-10(2)7-12(14(19)20)9-18-15(21)17-8-11-3-5-13(16)6-4-11/h3-6,10,12H,7-9H2,1-2H3,(H,19,20)(H2,17,18,21). The average Bonchev–Trinajstić information content (AvgIpc) is 2.42. The van der Waals surface area contributed by atoms with Gasteiger partial charge in [-0.3, -0.25) is 4.79 Å². The van der Waals surface area contributed by atoms with Crippen LogP contribution >= 0.6 is 11.6 Å². The first-order valence-electron chi connectivity index (χ1n) is 6.87. The van der Waals surface area contributed by atoms with Gasteiger partial charge in [0, 0.05) is 18.1 Å². The van der Waals surface area contributed by atoms with Gasteiger partial charge in [0.2, 0.25) is 0 Å². The Morgan fingerprint density at radius 2 is 1.81 bits per heavy atom. The Morgan fingerprint density at radius 3 is 2.33 bits per heavy atom. The summed E-state index contributed by atoms with van der Waals surface area (Å²) in [5.74, 6) is -1.18. The van der Waals surface area contributed by atoms with Gasteiger partial charge >= 0.3 is 12.0 Å². The molecule has 3 N–H and O–H groups in total. The molecule has 0 fully saturated rings. The number of rotatable bonds is 7. The molecule has 0 saturated heterocycles. The summed E-state index contributed by atoms with van der Waals surface area (Å²) in [4.78, 5) is 22.7. The van der Waals surface area contributed by atoms with Crippen LogP contribution in [0.4, 0.5) is 4.79 Å². The highest BCUT2D eigenvalue weighted by Crippen LogP contribution is 2.11. The van der Waals surface area contributed by atoms with E-state index in [1.54, 1.807) is 12.1 Å². The maximum atomic E-state index is 11.7. The lowest BCUT2D eigenvalue weighted by molar-refractivity contribution is -0.142. The molecule has 1 aromatic carbocycles. The third-order valence-electron chi connectivity index (χ3n) is 2.98. The number of carboxylic acids is 1. The number of carboxylic acid groups (broad SMARTS) is 1. The Kier molecular flexibility index (Phi) is 7.02. The number of amides is 2. The number of aliphatic carboxylic acids is 1. The van der Waals surface area contributed by atoms with Crippen molar-refractivity contribution in [1.82, 2.24) is 10.6 Å². The molecule has 0 aromatic heterocycles. The van der Waals surface area contributed by atoms with Crippen LogP contribution in [0, 0.1) is 11.8 Å². The van der Waals surface area contributed by atoms with Crippen LogP contribution in [0.25, 0.3) is 0 Å². The molecule has 0 heterocycles. The zero-order valence-corrected chi connectivity index (χ0v) is 13.0. The van der Waals surface area contributed by atoms with E-state index >= 15 is 0 Å². The van der Waals surface area contributed by atoms with Crippen molar-refractivity contribution in [3.05, 3.63) is 34.9 Å². The van der Waals surface area contributed by atoms with Crippen molar-refractivity contribution in [2.24, 2.45) is 11.8 Å². The van der Waals surface area contributed by atoms with E-state index in [0.29, 0.717) is 18.0 Å². The molecule has 0 radical (unpaired) electrons. The van der Waals surface area contributed by atoms with Gasteiger partial charge in [0.25, 0.3) is 0 Å². The van der Waals surface area contributed by atoms with E-state index in [0.717, 1.165) is 5.56 Å². The van der Waals surface area contributed by atoms with Crippen LogP contribution in [0.5, 0.6) is 0 Å². The lowest BCUT2D eigenvalue weighted by atomic mass is 9.97. The minimum atomic E-state index is -0.887. The predicted octanol–water partition coefficient (Wildman–Crippen LogP) is 2.89. The van der Waals surface area contributed by atoms with Crippen molar-refractivity contribution in [2.75, 3.05) is 6.54 Å². The summed E-state index contributed by atoms with van der Waals surface area (Å²) < 4.78 is 0. The van der Waals surface area contributed by atoms with Crippen molar-refractivity contribution >= 4 is 23.6 Å². The van der Waals surface area contributed by atoms with E-state index in [4.69, 9.17) is 16.7 Å². The first kappa shape index (κ1) is 17.3. The molecule has 1 unspecified atom stereocenters. The normalized spacial score (nSPS) is 12.0. The van der Waals surface area contributed by atoms with E-state index in [1.165, 1.54) is 0 Å². The summed E-state index contributed by atoms with van der Waals surface area (Å²) in [5, 5.41) is 15.0. The third kappa shape index (κ3) is 6.99. The Balaban J connectivity index is 2.35. The highest BCUT2D eigenvalue weighted by Gasteiger charge is 2.19. The van der Waals surface area contributed by atoms with Crippen LogP contribution in [0.15, 0.2) is 24.3 Å². The Hall–Kier alpha value is -1.75. The summed E-state index contributed by atoms with van der Waals surface area (Å²) in [6.45, 7) is 4.40. The summed E-state index contributed by atoms with van der Waals surface area (Å²) in [6, 6.07) is 6.77. The van der Waals surface area contributed by atoms with Gasteiger partial charge in [-0.25, -0.2) is 4.79 Å². The highest BCUT2D eigenvalue weighted by atomic mass is 35.5. The second kappa shape index (κ2) is 8.52. The molecule has 21 heavy (non-hydrogen) atoms. The number of carbonyl (C=O) groups excluding carboxylic acids is 1. The van der Waals surface area contributed by atoms with Crippen LogP contribution in [-0.2, 0) is 11.3 Å². The summed E-state index contributed by atoms with van der Waals surface area (Å²) in [6.07, 6.45) is 0.535. The van der Waals surface area contributed by atoms with Crippen molar-refractivity contribution in [2.45, 2.75) is 26.8 Å². The van der Waals surface area contributed by atoms with Gasteiger partial charge in [0.1, 0.15) is 0 Å².